The molecular weight excluding hydrogens is 229 g/mol. The van der Waals surface area contributed by atoms with Crippen molar-refractivity contribution in [2.24, 2.45) is 5.73 Å². The molecule has 2 N–H and O–H groups in total. The third-order valence-corrected chi connectivity index (χ3v) is 2.31. The van der Waals surface area contributed by atoms with Crippen molar-refractivity contribution in [3.05, 3.63) is 41.0 Å². The molecule has 0 aromatic heterocycles. The Morgan fingerprint density at radius 3 is 2.53 bits per heavy atom. The first-order valence-corrected chi connectivity index (χ1v) is 4.96. The lowest BCUT2D eigenvalue weighted by atomic mass is 10.0. The number of nitriles is 1. The molecular formula is C12H11F3N2. The van der Waals surface area contributed by atoms with Gasteiger partial charge in [0.1, 0.15) is 0 Å². The molecule has 1 rings (SSSR count). The number of alkyl halides is 3. The van der Waals surface area contributed by atoms with Crippen molar-refractivity contribution < 1.29 is 13.2 Å². The number of halogens is 3. The predicted octanol–water partition coefficient (Wildman–Crippen LogP) is 3.31. The van der Waals surface area contributed by atoms with E-state index < -0.39 is 11.7 Å². The second-order valence-corrected chi connectivity index (χ2v) is 3.44. The second kappa shape index (κ2) is 4.91. The van der Waals surface area contributed by atoms with Crippen LogP contribution in [0.4, 0.5) is 13.2 Å². The van der Waals surface area contributed by atoms with Crippen LogP contribution >= 0.6 is 0 Å². The minimum absolute atomic E-state index is 0.0982. The SMILES string of the molecule is CC/C(C#N)=C(/N)c1cccc(C(F)(F)F)c1. The van der Waals surface area contributed by atoms with Crippen molar-refractivity contribution in [2.45, 2.75) is 19.5 Å². The van der Waals surface area contributed by atoms with Crippen molar-refractivity contribution in [3.8, 4) is 6.07 Å². The fourth-order valence-corrected chi connectivity index (χ4v) is 1.37. The summed E-state index contributed by atoms with van der Waals surface area (Å²) in [6, 6.07) is 6.52. The third kappa shape index (κ3) is 3.00. The van der Waals surface area contributed by atoms with E-state index in [1.165, 1.54) is 12.1 Å². The summed E-state index contributed by atoms with van der Waals surface area (Å²) in [4.78, 5) is 0. The monoisotopic (exact) mass is 240 g/mol. The number of nitrogens with zero attached hydrogens (tertiary/aromatic N) is 1. The normalized spacial score (nSPS) is 12.9. The molecule has 0 saturated heterocycles. The van der Waals surface area contributed by atoms with Gasteiger partial charge in [0.25, 0.3) is 0 Å². The molecule has 0 saturated carbocycles. The zero-order chi connectivity index (χ0) is 13.1. The van der Waals surface area contributed by atoms with Gasteiger partial charge in [0.2, 0.25) is 0 Å². The smallest absolute Gasteiger partial charge is 0.397 e. The lowest BCUT2D eigenvalue weighted by Crippen LogP contribution is -2.07. The van der Waals surface area contributed by atoms with Crippen molar-refractivity contribution in [1.82, 2.24) is 0 Å². The van der Waals surface area contributed by atoms with Crippen molar-refractivity contribution in [2.75, 3.05) is 0 Å². The standard InChI is InChI=1S/C12H11F3N2/c1-2-8(7-16)11(17)9-4-3-5-10(6-9)12(13,14)15/h3-6H,2,17H2,1H3/b11-8-. The maximum Gasteiger partial charge on any atom is 0.416 e. The van der Waals surface area contributed by atoms with Gasteiger partial charge in [-0.1, -0.05) is 19.1 Å². The highest BCUT2D eigenvalue weighted by Gasteiger charge is 2.30. The van der Waals surface area contributed by atoms with Crippen LogP contribution in [0.1, 0.15) is 24.5 Å². The van der Waals surface area contributed by atoms with Crippen molar-refractivity contribution in [1.29, 1.82) is 5.26 Å². The average Bonchev–Trinajstić information content (AvgIpc) is 2.29. The van der Waals surface area contributed by atoms with Crippen LogP contribution in [-0.4, -0.2) is 0 Å². The quantitative estimate of drug-likeness (QED) is 0.806. The van der Waals surface area contributed by atoms with Crippen molar-refractivity contribution >= 4 is 5.70 Å². The summed E-state index contributed by atoms with van der Waals surface area (Å²) >= 11 is 0. The molecule has 0 aliphatic rings. The van der Waals surface area contributed by atoms with Gasteiger partial charge in [0.05, 0.1) is 22.9 Å². The first-order valence-electron chi connectivity index (χ1n) is 4.96. The Morgan fingerprint density at radius 1 is 1.41 bits per heavy atom. The van der Waals surface area contributed by atoms with E-state index in [1.807, 2.05) is 6.07 Å². The molecule has 90 valence electrons. The Kier molecular flexibility index (Phi) is 3.79. The lowest BCUT2D eigenvalue weighted by Gasteiger charge is -2.09. The molecule has 0 spiro atoms. The molecule has 0 unspecified atom stereocenters. The summed E-state index contributed by atoms with van der Waals surface area (Å²) in [5.74, 6) is 0. The van der Waals surface area contributed by atoms with E-state index in [1.54, 1.807) is 6.92 Å². The maximum absolute atomic E-state index is 12.5. The number of allylic oxidation sites excluding steroid dienone is 1. The Morgan fingerprint density at radius 2 is 2.06 bits per heavy atom. The molecule has 0 aliphatic heterocycles. The molecule has 0 heterocycles. The summed E-state index contributed by atoms with van der Waals surface area (Å²) < 4.78 is 37.4. The van der Waals surface area contributed by atoms with Gasteiger partial charge in [0.15, 0.2) is 0 Å². The van der Waals surface area contributed by atoms with Gasteiger partial charge in [-0.15, -0.1) is 0 Å². The highest BCUT2D eigenvalue weighted by molar-refractivity contribution is 5.69. The van der Waals surface area contributed by atoms with Gasteiger partial charge < -0.3 is 5.73 Å². The molecule has 0 fully saturated rings. The van der Waals surface area contributed by atoms with E-state index in [0.717, 1.165) is 12.1 Å². The molecule has 1 aromatic carbocycles. The second-order valence-electron chi connectivity index (χ2n) is 3.44. The average molecular weight is 240 g/mol. The summed E-state index contributed by atoms with van der Waals surface area (Å²) in [5, 5.41) is 8.78. The number of hydrogen-bond acceptors (Lipinski definition) is 2. The zero-order valence-electron chi connectivity index (χ0n) is 9.17. The Bertz CT molecular complexity index is 481. The summed E-state index contributed by atoms with van der Waals surface area (Å²) in [6.07, 6.45) is -4.02. The lowest BCUT2D eigenvalue weighted by molar-refractivity contribution is -0.137. The number of rotatable bonds is 2. The van der Waals surface area contributed by atoms with E-state index >= 15 is 0 Å². The van der Waals surface area contributed by atoms with Crippen LogP contribution in [0, 0.1) is 11.3 Å². The maximum atomic E-state index is 12.5. The van der Waals surface area contributed by atoms with Crippen LogP contribution in [0.5, 0.6) is 0 Å². The molecule has 0 atom stereocenters. The van der Waals surface area contributed by atoms with Gasteiger partial charge >= 0.3 is 6.18 Å². The Labute approximate surface area is 97.2 Å². The predicted molar refractivity (Wildman–Crippen MR) is 58.5 cm³/mol. The van der Waals surface area contributed by atoms with E-state index in [0.29, 0.717) is 6.42 Å². The molecule has 5 heteroatoms. The van der Waals surface area contributed by atoms with Gasteiger partial charge in [-0.05, 0) is 24.1 Å². The molecule has 0 bridgehead atoms. The van der Waals surface area contributed by atoms with E-state index in [4.69, 9.17) is 11.0 Å². The van der Waals surface area contributed by atoms with Crippen molar-refractivity contribution in [3.63, 3.8) is 0 Å². The minimum Gasteiger partial charge on any atom is -0.397 e. The molecule has 0 radical (unpaired) electrons. The number of hydrogen-bond donors (Lipinski definition) is 1. The highest BCUT2D eigenvalue weighted by Crippen LogP contribution is 2.30. The van der Waals surface area contributed by atoms with Crippen LogP contribution in [0.2, 0.25) is 0 Å². The van der Waals surface area contributed by atoms with Crippen LogP contribution in [0.15, 0.2) is 29.8 Å². The van der Waals surface area contributed by atoms with E-state index in [9.17, 15) is 13.2 Å². The molecule has 2 nitrogen and oxygen atoms in total. The largest absolute Gasteiger partial charge is 0.416 e. The Hall–Kier alpha value is -1.96. The van der Waals surface area contributed by atoms with Crippen LogP contribution in [0.25, 0.3) is 5.70 Å². The third-order valence-electron chi connectivity index (χ3n) is 2.31. The van der Waals surface area contributed by atoms with Crippen LogP contribution in [-0.2, 0) is 6.18 Å². The summed E-state index contributed by atoms with van der Waals surface area (Å²) in [5.41, 5.74) is 5.49. The first-order chi connectivity index (χ1) is 7.90. The zero-order valence-corrected chi connectivity index (χ0v) is 9.17. The van der Waals surface area contributed by atoms with Crippen LogP contribution in [0.3, 0.4) is 0 Å². The highest BCUT2D eigenvalue weighted by atomic mass is 19.4. The summed E-state index contributed by atoms with van der Waals surface area (Å²) in [6.45, 7) is 1.72. The topological polar surface area (TPSA) is 49.8 Å². The van der Waals surface area contributed by atoms with Crippen LogP contribution < -0.4 is 5.73 Å². The number of benzene rings is 1. The fourth-order valence-electron chi connectivity index (χ4n) is 1.37. The summed E-state index contributed by atoms with van der Waals surface area (Å²) in [7, 11) is 0. The molecule has 1 aromatic rings. The molecule has 17 heavy (non-hydrogen) atoms. The minimum atomic E-state index is -4.41. The van der Waals surface area contributed by atoms with Gasteiger partial charge in [-0.2, -0.15) is 18.4 Å². The van der Waals surface area contributed by atoms with Gasteiger partial charge in [-0.25, -0.2) is 0 Å². The Balaban J connectivity index is 3.27. The first kappa shape index (κ1) is 13.1. The van der Waals surface area contributed by atoms with E-state index in [-0.39, 0.29) is 16.8 Å². The molecule has 0 aliphatic carbocycles. The van der Waals surface area contributed by atoms with Gasteiger partial charge in [0, 0.05) is 0 Å². The molecule has 0 amide bonds. The van der Waals surface area contributed by atoms with E-state index in [2.05, 4.69) is 0 Å². The number of nitrogens with two attached hydrogens (primary N) is 1. The fraction of sp³-hybridized carbons (Fsp3) is 0.250. The van der Waals surface area contributed by atoms with Gasteiger partial charge in [-0.3, -0.25) is 0 Å².